The van der Waals surface area contributed by atoms with Crippen LogP contribution in [0.25, 0.3) is 5.69 Å². The normalized spacial score (nSPS) is 18.8. The summed E-state index contributed by atoms with van der Waals surface area (Å²) >= 11 is 0. The second-order valence-corrected chi connectivity index (χ2v) is 7.61. The molecule has 0 bridgehead atoms. The van der Waals surface area contributed by atoms with Crippen molar-refractivity contribution in [1.82, 2.24) is 25.3 Å². The Morgan fingerprint density at radius 1 is 1.30 bits per heavy atom. The van der Waals surface area contributed by atoms with Crippen molar-refractivity contribution in [3.8, 4) is 5.69 Å². The Morgan fingerprint density at radius 2 is 2.11 bits per heavy atom. The van der Waals surface area contributed by atoms with Gasteiger partial charge in [-0.25, -0.2) is 9.48 Å². The van der Waals surface area contributed by atoms with E-state index in [2.05, 4.69) is 34.5 Å². The number of urea groups is 1. The molecule has 1 aromatic heterocycles. The maximum atomic E-state index is 12.0. The van der Waals surface area contributed by atoms with Gasteiger partial charge in [0, 0.05) is 31.9 Å². The van der Waals surface area contributed by atoms with Crippen molar-refractivity contribution in [2.24, 2.45) is 5.92 Å². The van der Waals surface area contributed by atoms with E-state index in [0.29, 0.717) is 19.1 Å². The molecule has 27 heavy (non-hydrogen) atoms. The Bertz CT molecular complexity index is 714. The summed E-state index contributed by atoms with van der Waals surface area (Å²) in [5, 5.41) is 10.3. The first kappa shape index (κ1) is 19.4. The van der Waals surface area contributed by atoms with Crippen LogP contribution >= 0.6 is 0 Å². The zero-order chi connectivity index (χ0) is 19.1. The monoisotopic (exact) mass is 369 g/mol. The number of nitrogens with one attached hydrogen (secondary N) is 2. The number of piperidine rings is 1. The number of benzene rings is 1. The third-order valence-corrected chi connectivity index (χ3v) is 5.23. The number of para-hydroxylation sites is 1. The number of carbonyl (C=O) groups excluding carboxylic acids is 1. The molecule has 1 saturated heterocycles. The van der Waals surface area contributed by atoms with Crippen LogP contribution in [0.4, 0.5) is 4.79 Å². The Kier molecular flexibility index (Phi) is 6.87. The van der Waals surface area contributed by atoms with Gasteiger partial charge in [-0.05, 0) is 56.3 Å². The van der Waals surface area contributed by atoms with Crippen LogP contribution in [0.5, 0.6) is 0 Å². The van der Waals surface area contributed by atoms with Crippen molar-refractivity contribution in [3.63, 3.8) is 0 Å². The number of hydrogen-bond donors (Lipinski definition) is 2. The van der Waals surface area contributed by atoms with Gasteiger partial charge in [0.15, 0.2) is 0 Å². The molecule has 2 aromatic rings. The summed E-state index contributed by atoms with van der Waals surface area (Å²) in [5.74, 6) is 0.756. The van der Waals surface area contributed by atoms with Crippen molar-refractivity contribution in [3.05, 3.63) is 48.3 Å². The summed E-state index contributed by atoms with van der Waals surface area (Å²) in [6.07, 6.45) is 7.20. The van der Waals surface area contributed by atoms with Crippen molar-refractivity contribution >= 4 is 6.03 Å². The Morgan fingerprint density at radius 3 is 2.89 bits per heavy atom. The van der Waals surface area contributed by atoms with E-state index in [-0.39, 0.29) is 6.03 Å². The van der Waals surface area contributed by atoms with E-state index in [1.54, 1.807) is 0 Å². The van der Waals surface area contributed by atoms with Gasteiger partial charge in [-0.3, -0.25) is 4.90 Å². The van der Waals surface area contributed by atoms with E-state index in [9.17, 15) is 4.79 Å². The fraction of sp³-hybridized carbons (Fsp3) is 0.524. The van der Waals surface area contributed by atoms with Gasteiger partial charge in [-0.15, -0.1) is 0 Å². The highest BCUT2D eigenvalue weighted by molar-refractivity contribution is 5.73. The summed E-state index contributed by atoms with van der Waals surface area (Å²) in [4.78, 5) is 14.5. The van der Waals surface area contributed by atoms with Gasteiger partial charge in [0.1, 0.15) is 0 Å². The van der Waals surface area contributed by atoms with Gasteiger partial charge in [0.2, 0.25) is 0 Å². The third-order valence-electron chi connectivity index (χ3n) is 5.23. The predicted octanol–water partition coefficient (Wildman–Crippen LogP) is 2.83. The summed E-state index contributed by atoms with van der Waals surface area (Å²) in [5.41, 5.74) is 2.14. The lowest BCUT2D eigenvalue weighted by molar-refractivity contribution is 0.137. The molecule has 1 aliphatic heterocycles. The second-order valence-electron chi connectivity index (χ2n) is 7.61. The van der Waals surface area contributed by atoms with Crippen LogP contribution < -0.4 is 10.6 Å². The molecule has 2 amide bonds. The molecule has 146 valence electrons. The minimum Gasteiger partial charge on any atom is -0.338 e. The van der Waals surface area contributed by atoms with Crippen molar-refractivity contribution in [2.75, 3.05) is 26.2 Å². The number of carbonyl (C=O) groups is 1. The zero-order valence-electron chi connectivity index (χ0n) is 16.4. The van der Waals surface area contributed by atoms with Gasteiger partial charge >= 0.3 is 6.03 Å². The number of likely N-dealkylation sites (tertiary alicyclic amines) is 1. The van der Waals surface area contributed by atoms with E-state index < -0.39 is 0 Å². The largest absolute Gasteiger partial charge is 0.338 e. The molecule has 3 rings (SSSR count). The summed E-state index contributed by atoms with van der Waals surface area (Å²) in [6, 6.07) is 10.3. The standard InChI is InChI=1S/C21H31N5O/c1-17-7-6-12-25(15-17)18(2)13-23-21(27)22-11-10-19-14-24-26(16-19)20-8-4-3-5-9-20/h3-5,8-9,14,16-18H,6-7,10-13,15H2,1-2H3,(H2,22,23,27). The van der Waals surface area contributed by atoms with Crippen molar-refractivity contribution in [2.45, 2.75) is 39.2 Å². The average molecular weight is 370 g/mol. The topological polar surface area (TPSA) is 62.2 Å². The SMILES string of the molecule is CC1CCCN(C(C)CNC(=O)NCCc2cnn(-c3ccccc3)c2)C1. The average Bonchev–Trinajstić information content (AvgIpc) is 3.16. The maximum Gasteiger partial charge on any atom is 0.314 e. The molecule has 1 fully saturated rings. The molecule has 1 aliphatic rings. The van der Waals surface area contributed by atoms with Crippen LogP contribution in [-0.2, 0) is 6.42 Å². The highest BCUT2D eigenvalue weighted by Crippen LogP contribution is 2.17. The zero-order valence-corrected chi connectivity index (χ0v) is 16.4. The van der Waals surface area contributed by atoms with Gasteiger partial charge in [-0.2, -0.15) is 5.10 Å². The number of aromatic nitrogens is 2. The van der Waals surface area contributed by atoms with Gasteiger partial charge in [0.05, 0.1) is 11.9 Å². The van der Waals surface area contributed by atoms with Crippen LogP contribution in [0, 0.1) is 5.92 Å². The molecule has 0 aliphatic carbocycles. The van der Waals surface area contributed by atoms with Gasteiger partial charge in [0.25, 0.3) is 0 Å². The number of nitrogens with zero attached hydrogens (tertiary/aromatic N) is 3. The molecule has 2 atom stereocenters. The molecular weight excluding hydrogens is 338 g/mol. The molecule has 2 unspecified atom stereocenters. The molecule has 0 radical (unpaired) electrons. The van der Waals surface area contributed by atoms with Crippen LogP contribution in [0.15, 0.2) is 42.7 Å². The highest BCUT2D eigenvalue weighted by Gasteiger charge is 2.21. The number of amides is 2. The van der Waals surface area contributed by atoms with E-state index >= 15 is 0 Å². The maximum absolute atomic E-state index is 12.0. The smallest absolute Gasteiger partial charge is 0.314 e. The van der Waals surface area contributed by atoms with E-state index in [1.165, 1.54) is 12.8 Å². The minimum atomic E-state index is -0.0950. The number of rotatable bonds is 7. The van der Waals surface area contributed by atoms with Crippen LogP contribution in [0.1, 0.15) is 32.3 Å². The number of hydrogen-bond acceptors (Lipinski definition) is 3. The van der Waals surface area contributed by atoms with E-state index in [4.69, 9.17) is 0 Å². The Hall–Kier alpha value is -2.34. The third kappa shape index (κ3) is 5.82. The summed E-state index contributed by atoms with van der Waals surface area (Å²) in [6.45, 7) is 8.05. The quantitative estimate of drug-likeness (QED) is 0.789. The fourth-order valence-electron chi connectivity index (χ4n) is 3.59. The fourth-order valence-corrected chi connectivity index (χ4v) is 3.59. The van der Waals surface area contributed by atoms with Crippen LogP contribution in [-0.4, -0.2) is 52.9 Å². The van der Waals surface area contributed by atoms with Gasteiger partial charge in [-0.1, -0.05) is 25.1 Å². The molecule has 6 nitrogen and oxygen atoms in total. The second kappa shape index (κ2) is 9.55. The first-order chi connectivity index (χ1) is 13.1. The highest BCUT2D eigenvalue weighted by atomic mass is 16.2. The first-order valence-electron chi connectivity index (χ1n) is 9.96. The summed E-state index contributed by atoms with van der Waals surface area (Å²) in [7, 11) is 0. The molecule has 2 heterocycles. The lowest BCUT2D eigenvalue weighted by atomic mass is 9.99. The predicted molar refractivity (Wildman–Crippen MR) is 108 cm³/mol. The molecule has 1 aromatic carbocycles. The molecular formula is C21H31N5O. The minimum absolute atomic E-state index is 0.0950. The lowest BCUT2D eigenvalue weighted by Gasteiger charge is -2.35. The van der Waals surface area contributed by atoms with Crippen molar-refractivity contribution in [1.29, 1.82) is 0 Å². The van der Waals surface area contributed by atoms with E-state index in [0.717, 1.165) is 36.7 Å². The molecule has 6 heteroatoms. The van der Waals surface area contributed by atoms with Crippen molar-refractivity contribution < 1.29 is 4.79 Å². The summed E-state index contributed by atoms with van der Waals surface area (Å²) < 4.78 is 1.86. The molecule has 2 N–H and O–H groups in total. The Labute approximate surface area is 161 Å². The lowest BCUT2D eigenvalue weighted by Crippen LogP contribution is -2.48. The first-order valence-corrected chi connectivity index (χ1v) is 9.96. The Balaban J connectivity index is 1.35. The van der Waals surface area contributed by atoms with Gasteiger partial charge < -0.3 is 10.6 Å². The van der Waals surface area contributed by atoms with Crippen LogP contribution in [0.3, 0.4) is 0 Å². The van der Waals surface area contributed by atoms with E-state index in [1.807, 2.05) is 47.4 Å². The molecule has 0 spiro atoms. The van der Waals surface area contributed by atoms with Crippen LogP contribution in [0.2, 0.25) is 0 Å². The molecule has 0 saturated carbocycles.